The number of fused-ring (bicyclic) bond motifs is 1. The molecule has 3 rings (SSSR count). The van der Waals surface area contributed by atoms with E-state index >= 15 is 0 Å². The van der Waals surface area contributed by atoms with E-state index in [1.165, 1.54) is 19.4 Å². The van der Waals surface area contributed by atoms with Gasteiger partial charge in [-0.25, -0.2) is 22.9 Å². The van der Waals surface area contributed by atoms with Crippen LogP contribution in [0.4, 0.5) is 0 Å². The summed E-state index contributed by atoms with van der Waals surface area (Å²) in [4.78, 5) is 16.0. The van der Waals surface area contributed by atoms with E-state index in [4.69, 9.17) is 10.5 Å². The number of pyridine rings is 1. The van der Waals surface area contributed by atoms with E-state index in [1.807, 2.05) is 0 Å². The van der Waals surface area contributed by atoms with Gasteiger partial charge in [-0.2, -0.15) is 0 Å². The average Bonchev–Trinajstić information content (AvgIpc) is 3.06. The normalized spacial score (nSPS) is 20.7. The van der Waals surface area contributed by atoms with Crippen LogP contribution < -0.4 is 10.5 Å². The van der Waals surface area contributed by atoms with Gasteiger partial charge in [0.25, 0.3) is 0 Å². The van der Waals surface area contributed by atoms with Gasteiger partial charge in [0.2, 0.25) is 10.0 Å². The second-order valence-corrected chi connectivity index (χ2v) is 7.84. The molecule has 3 N–H and O–H groups in total. The molecule has 25 heavy (non-hydrogen) atoms. The van der Waals surface area contributed by atoms with Gasteiger partial charge in [-0.3, -0.25) is 0 Å². The molecule has 1 aromatic heterocycles. The SMILES string of the molecule is COC(=O)c1nccc2c(S(=O)(=O)NC3CCCC3CN)cccc12. The Morgan fingerprint density at radius 1 is 1.32 bits per heavy atom. The van der Waals surface area contributed by atoms with Crippen molar-refractivity contribution in [2.45, 2.75) is 30.2 Å². The van der Waals surface area contributed by atoms with Crippen LogP contribution in [0.15, 0.2) is 35.4 Å². The molecule has 2 unspecified atom stereocenters. The minimum absolute atomic E-state index is 0.0951. The lowest BCUT2D eigenvalue weighted by Crippen LogP contribution is -2.39. The Hall–Kier alpha value is -2.03. The third kappa shape index (κ3) is 3.37. The van der Waals surface area contributed by atoms with Gasteiger partial charge >= 0.3 is 5.97 Å². The number of methoxy groups -OCH3 is 1. The lowest BCUT2D eigenvalue weighted by molar-refractivity contribution is 0.0596. The van der Waals surface area contributed by atoms with Crippen LogP contribution in [0.1, 0.15) is 29.8 Å². The highest BCUT2D eigenvalue weighted by atomic mass is 32.2. The molecule has 1 saturated carbocycles. The maximum absolute atomic E-state index is 12.9. The summed E-state index contributed by atoms with van der Waals surface area (Å²) in [6, 6.07) is 6.21. The van der Waals surface area contributed by atoms with Crippen molar-refractivity contribution in [1.29, 1.82) is 0 Å². The van der Waals surface area contributed by atoms with Crippen molar-refractivity contribution in [3.63, 3.8) is 0 Å². The zero-order valence-corrected chi connectivity index (χ0v) is 14.8. The first-order chi connectivity index (χ1) is 12.0. The third-order valence-electron chi connectivity index (χ3n) is 4.70. The van der Waals surface area contributed by atoms with E-state index in [-0.39, 0.29) is 22.5 Å². The predicted molar refractivity (Wildman–Crippen MR) is 93.6 cm³/mol. The highest BCUT2D eigenvalue weighted by Gasteiger charge is 2.31. The van der Waals surface area contributed by atoms with Crippen molar-refractivity contribution in [1.82, 2.24) is 9.71 Å². The fourth-order valence-corrected chi connectivity index (χ4v) is 4.97. The molecule has 0 bridgehead atoms. The molecular formula is C17H21N3O4S. The Morgan fingerprint density at radius 3 is 2.84 bits per heavy atom. The molecule has 2 aromatic rings. The molecule has 0 amide bonds. The maximum Gasteiger partial charge on any atom is 0.357 e. The first-order valence-corrected chi connectivity index (χ1v) is 9.64. The van der Waals surface area contributed by atoms with Crippen LogP contribution in [0.2, 0.25) is 0 Å². The van der Waals surface area contributed by atoms with E-state index in [0.717, 1.165) is 19.3 Å². The molecule has 2 atom stereocenters. The van der Waals surface area contributed by atoms with E-state index < -0.39 is 16.0 Å². The van der Waals surface area contributed by atoms with Gasteiger partial charge in [0.1, 0.15) is 0 Å². The summed E-state index contributed by atoms with van der Waals surface area (Å²) in [5.41, 5.74) is 5.84. The molecule has 1 aliphatic carbocycles. The summed E-state index contributed by atoms with van der Waals surface area (Å²) in [6.07, 6.45) is 4.07. The number of hydrogen-bond donors (Lipinski definition) is 2. The van der Waals surface area contributed by atoms with Gasteiger partial charge in [-0.1, -0.05) is 18.6 Å². The smallest absolute Gasteiger partial charge is 0.357 e. The van der Waals surface area contributed by atoms with Crippen LogP contribution in [0.25, 0.3) is 10.8 Å². The molecule has 134 valence electrons. The Bertz CT molecular complexity index is 898. The Morgan fingerprint density at radius 2 is 2.12 bits per heavy atom. The average molecular weight is 363 g/mol. The van der Waals surface area contributed by atoms with Crippen molar-refractivity contribution in [2.75, 3.05) is 13.7 Å². The van der Waals surface area contributed by atoms with Crippen LogP contribution in [0, 0.1) is 5.92 Å². The number of hydrogen-bond acceptors (Lipinski definition) is 6. The highest BCUT2D eigenvalue weighted by Crippen LogP contribution is 2.29. The number of esters is 1. The zero-order chi connectivity index (χ0) is 18.0. The molecule has 0 radical (unpaired) electrons. The van der Waals surface area contributed by atoms with Gasteiger partial charge in [-0.05, 0) is 37.4 Å². The molecule has 0 saturated heterocycles. The molecule has 0 spiro atoms. The summed E-state index contributed by atoms with van der Waals surface area (Å²) >= 11 is 0. The summed E-state index contributed by atoms with van der Waals surface area (Å²) in [7, 11) is -2.49. The van der Waals surface area contributed by atoms with Crippen molar-refractivity contribution in [2.24, 2.45) is 11.7 Å². The molecular weight excluding hydrogens is 342 g/mol. The largest absolute Gasteiger partial charge is 0.464 e. The minimum atomic E-state index is -3.75. The summed E-state index contributed by atoms with van der Waals surface area (Å²) in [5.74, 6) is -0.454. The number of benzene rings is 1. The van der Waals surface area contributed by atoms with Gasteiger partial charge in [0, 0.05) is 23.0 Å². The topological polar surface area (TPSA) is 111 Å². The first kappa shape index (κ1) is 17.8. The predicted octanol–water partition coefficient (Wildman–Crippen LogP) is 1.43. The minimum Gasteiger partial charge on any atom is -0.464 e. The number of nitrogens with two attached hydrogens (primary N) is 1. The number of nitrogens with one attached hydrogen (secondary N) is 1. The molecule has 1 fully saturated rings. The monoisotopic (exact) mass is 363 g/mol. The number of nitrogens with zero attached hydrogens (tertiary/aromatic N) is 1. The van der Waals surface area contributed by atoms with Crippen molar-refractivity contribution < 1.29 is 17.9 Å². The quantitative estimate of drug-likeness (QED) is 0.777. The van der Waals surface area contributed by atoms with Crippen LogP contribution >= 0.6 is 0 Å². The third-order valence-corrected chi connectivity index (χ3v) is 6.25. The van der Waals surface area contributed by atoms with Crippen LogP contribution in [-0.4, -0.2) is 39.1 Å². The molecule has 8 heteroatoms. The number of aromatic nitrogens is 1. The Labute approximate surface area is 146 Å². The van der Waals surface area contributed by atoms with Crippen molar-refractivity contribution >= 4 is 26.8 Å². The number of ether oxygens (including phenoxy) is 1. The second-order valence-electron chi connectivity index (χ2n) is 6.16. The number of rotatable bonds is 5. The summed E-state index contributed by atoms with van der Waals surface area (Å²) < 4.78 is 33.4. The van der Waals surface area contributed by atoms with E-state index in [1.54, 1.807) is 18.2 Å². The van der Waals surface area contributed by atoms with Crippen molar-refractivity contribution in [3.05, 3.63) is 36.2 Å². The summed E-state index contributed by atoms with van der Waals surface area (Å²) in [6.45, 7) is 0.457. The van der Waals surface area contributed by atoms with E-state index in [0.29, 0.717) is 17.3 Å². The molecule has 1 aliphatic rings. The highest BCUT2D eigenvalue weighted by molar-refractivity contribution is 7.89. The van der Waals surface area contributed by atoms with Crippen LogP contribution in [-0.2, 0) is 14.8 Å². The van der Waals surface area contributed by atoms with Gasteiger partial charge in [0.15, 0.2) is 5.69 Å². The molecule has 7 nitrogen and oxygen atoms in total. The van der Waals surface area contributed by atoms with Crippen molar-refractivity contribution in [3.8, 4) is 0 Å². The van der Waals surface area contributed by atoms with Gasteiger partial charge in [-0.15, -0.1) is 0 Å². The molecule has 0 aliphatic heterocycles. The van der Waals surface area contributed by atoms with E-state index in [9.17, 15) is 13.2 Å². The number of carbonyl (C=O) groups is 1. The molecule has 1 heterocycles. The lowest BCUT2D eigenvalue weighted by atomic mass is 10.1. The standard InChI is InChI=1S/C17H21N3O4S/c1-24-17(21)16-13-5-3-7-15(12(13)8-9-19-16)25(22,23)20-14-6-2-4-11(14)10-18/h3,5,7-9,11,14,20H,2,4,6,10,18H2,1H3. The first-order valence-electron chi connectivity index (χ1n) is 8.16. The Balaban J connectivity index is 2.04. The van der Waals surface area contributed by atoms with Crippen LogP contribution in [0.3, 0.4) is 0 Å². The van der Waals surface area contributed by atoms with Crippen LogP contribution in [0.5, 0.6) is 0 Å². The second kappa shape index (κ2) is 7.07. The van der Waals surface area contributed by atoms with E-state index in [2.05, 4.69) is 9.71 Å². The number of carbonyl (C=O) groups excluding carboxylic acids is 1. The van der Waals surface area contributed by atoms with Gasteiger partial charge in [0.05, 0.1) is 12.0 Å². The van der Waals surface area contributed by atoms with Gasteiger partial charge < -0.3 is 10.5 Å². The maximum atomic E-state index is 12.9. The fraction of sp³-hybridized carbons (Fsp3) is 0.412. The summed E-state index contributed by atoms with van der Waals surface area (Å²) in [5, 5.41) is 0.881. The lowest BCUT2D eigenvalue weighted by Gasteiger charge is -2.20. The zero-order valence-electron chi connectivity index (χ0n) is 13.9. The number of sulfonamides is 1. The fourth-order valence-electron chi connectivity index (χ4n) is 3.41. The Kier molecular flexibility index (Phi) is 5.03. The molecule has 1 aromatic carbocycles.